The van der Waals surface area contributed by atoms with Gasteiger partial charge in [0, 0.05) is 13.0 Å². The van der Waals surface area contributed by atoms with Crippen LogP contribution in [0.15, 0.2) is 0 Å². The zero-order chi connectivity index (χ0) is 8.55. The Bertz CT molecular complexity index is 256. The maximum absolute atomic E-state index is 5.80. The highest BCUT2D eigenvalue weighted by Crippen LogP contribution is 2.32. The molecule has 0 aromatic carbocycles. The van der Waals surface area contributed by atoms with Gasteiger partial charge in [-0.3, -0.25) is 0 Å². The normalized spacial score (nSPS) is 18.8. The van der Waals surface area contributed by atoms with Gasteiger partial charge in [0.2, 0.25) is 5.28 Å². The number of aromatic nitrogens is 3. The van der Waals surface area contributed by atoms with Crippen LogP contribution in [0.1, 0.15) is 37.4 Å². The van der Waals surface area contributed by atoms with Gasteiger partial charge in [0.25, 0.3) is 0 Å². The molecule has 1 aliphatic carbocycles. The van der Waals surface area contributed by atoms with Crippen LogP contribution in [0.25, 0.3) is 0 Å². The van der Waals surface area contributed by atoms with Crippen LogP contribution in [0, 0.1) is 0 Å². The lowest BCUT2D eigenvalue weighted by Crippen LogP contribution is -1.96. The summed E-state index contributed by atoms with van der Waals surface area (Å²) in [5, 5.41) is 4.76. The van der Waals surface area contributed by atoms with E-state index in [0.717, 1.165) is 5.82 Å². The van der Waals surface area contributed by atoms with Crippen LogP contribution in [-0.4, -0.2) is 14.8 Å². The van der Waals surface area contributed by atoms with Gasteiger partial charge in [-0.25, -0.2) is 9.67 Å². The predicted molar refractivity (Wildman–Crippen MR) is 47.2 cm³/mol. The fourth-order valence-corrected chi connectivity index (χ4v) is 1.87. The SMILES string of the molecule is Cn1nc(C2CCCC2)nc1Cl. The van der Waals surface area contributed by atoms with E-state index in [1.807, 2.05) is 7.05 Å². The summed E-state index contributed by atoms with van der Waals surface area (Å²) in [7, 11) is 1.83. The van der Waals surface area contributed by atoms with Crippen LogP contribution in [-0.2, 0) is 7.05 Å². The summed E-state index contributed by atoms with van der Waals surface area (Å²) in [5.41, 5.74) is 0. The number of hydrogen-bond acceptors (Lipinski definition) is 2. The molecule has 1 fully saturated rings. The first-order valence-corrected chi connectivity index (χ1v) is 4.71. The summed E-state index contributed by atoms with van der Waals surface area (Å²) in [6.07, 6.45) is 5.06. The number of nitrogens with zero attached hydrogens (tertiary/aromatic N) is 3. The van der Waals surface area contributed by atoms with E-state index in [1.165, 1.54) is 25.7 Å². The summed E-state index contributed by atoms with van der Waals surface area (Å²) < 4.78 is 1.63. The van der Waals surface area contributed by atoms with E-state index in [9.17, 15) is 0 Å². The van der Waals surface area contributed by atoms with Crippen molar-refractivity contribution in [3.8, 4) is 0 Å². The standard InChI is InChI=1S/C8H12ClN3/c1-12-8(9)10-7(11-12)6-4-2-3-5-6/h6H,2-5H2,1H3. The highest BCUT2D eigenvalue weighted by Gasteiger charge is 2.21. The van der Waals surface area contributed by atoms with Gasteiger partial charge in [-0.05, 0) is 24.4 Å². The lowest BCUT2D eigenvalue weighted by Gasteiger charge is -2.00. The molecular formula is C8H12ClN3. The highest BCUT2D eigenvalue weighted by atomic mass is 35.5. The van der Waals surface area contributed by atoms with Gasteiger partial charge in [-0.15, -0.1) is 0 Å². The average molecular weight is 186 g/mol. The van der Waals surface area contributed by atoms with Gasteiger partial charge in [-0.2, -0.15) is 5.10 Å². The number of aryl methyl sites for hydroxylation is 1. The van der Waals surface area contributed by atoms with Crippen molar-refractivity contribution in [3.63, 3.8) is 0 Å². The third-order valence-electron chi connectivity index (χ3n) is 2.45. The average Bonchev–Trinajstić information content (AvgIpc) is 2.61. The molecule has 0 N–H and O–H groups in total. The van der Waals surface area contributed by atoms with Gasteiger partial charge in [0.15, 0.2) is 5.82 Å². The molecule has 1 aliphatic rings. The van der Waals surface area contributed by atoms with Crippen LogP contribution >= 0.6 is 11.6 Å². The van der Waals surface area contributed by atoms with Crippen molar-refractivity contribution in [1.82, 2.24) is 14.8 Å². The van der Waals surface area contributed by atoms with Gasteiger partial charge in [-0.1, -0.05) is 12.8 Å². The molecule has 1 aromatic rings. The largest absolute Gasteiger partial charge is 0.239 e. The Morgan fingerprint density at radius 1 is 1.42 bits per heavy atom. The fraction of sp³-hybridized carbons (Fsp3) is 0.750. The smallest absolute Gasteiger partial charge is 0.220 e. The van der Waals surface area contributed by atoms with Crippen molar-refractivity contribution in [3.05, 3.63) is 11.1 Å². The first-order chi connectivity index (χ1) is 5.77. The molecule has 0 spiro atoms. The van der Waals surface area contributed by atoms with E-state index < -0.39 is 0 Å². The Labute approximate surface area is 76.7 Å². The summed E-state index contributed by atoms with van der Waals surface area (Å²) in [6, 6.07) is 0. The minimum atomic E-state index is 0.497. The van der Waals surface area contributed by atoms with Gasteiger partial charge >= 0.3 is 0 Å². The number of hydrogen-bond donors (Lipinski definition) is 0. The van der Waals surface area contributed by atoms with Crippen LogP contribution in [0.5, 0.6) is 0 Å². The highest BCUT2D eigenvalue weighted by molar-refractivity contribution is 6.28. The third-order valence-corrected chi connectivity index (χ3v) is 2.78. The lowest BCUT2D eigenvalue weighted by atomic mass is 10.1. The van der Waals surface area contributed by atoms with Crippen molar-refractivity contribution in [2.45, 2.75) is 31.6 Å². The number of halogens is 1. The molecule has 0 amide bonds. The molecule has 2 rings (SSSR count). The Morgan fingerprint density at radius 3 is 2.58 bits per heavy atom. The van der Waals surface area contributed by atoms with Crippen LogP contribution < -0.4 is 0 Å². The molecule has 0 bridgehead atoms. The molecular weight excluding hydrogens is 174 g/mol. The molecule has 0 saturated heterocycles. The quantitative estimate of drug-likeness (QED) is 0.671. The minimum absolute atomic E-state index is 0.497. The molecule has 4 heteroatoms. The van der Waals surface area contributed by atoms with Crippen LogP contribution in [0.2, 0.25) is 5.28 Å². The first-order valence-electron chi connectivity index (χ1n) is 4.34. The second-order valence-electron chi connectivity index (χ2n) is 3.34. The minimum Gasteiger partial charge on any atom is -0.239 e. The molecule has 66 valence electrons. The van der Waals surface area contributed by atoms with E-state index in [2.05, 4.69) is 10.1 Å². The maximum Gasteiger partial charge on any atom is 0.220 e. The summed E-state index contributed by atoms with van der Waals surface area (Å²) in [4.78, 5) is 4.21. The maximum atomic E-state index is 5.80. The van der Waals surface area contributed by atoms with Crippen LogP contribution in [0.3, 0.4) is 0 Å². The zero-order valence-corrected chi connectivity index (χ0v) is 7.88. The third kappa shape index (κ3) is 1.33. The van der Waals surface area contributed by atoms with E-state index in [4.69, 9.17) is 11.6 Å². The van der Waals surface area contributed by atoms with E-state index in [0.29, 0.717) is 11.2 Å². The molecule has 1 heterocycles. The van der Waals surface area contributed by atoms with E-state index >= 15 is 0 Å². The van der Waals surface area contributed by atoms with Crippen molar-refractivity contribution in [1.29, 1.82) is 0 Å². The van der Waals surface area contributed by atoms with Crippen molar-refractivity contribution >= 4 is 11.6 Å². The van der Waals surface area contributed by atoms with Gasteiger partial charge < -0.3 is 0 Å². The molecule has 12 heavy (non-hydrogen) atoms. The topological polar surface area (TPSA) is 30.7 Å². The van der Waals surface area contributed by atoms with Crippen molar-refractivity contribution in [2.24, 2.45) is 7.05 Å². The predicted octanol–water partition coefficient (Wildman–Crippen LogP) is 2.13. The lowest BCUT2D eigenvalue weighted by molar-refractivity contribution is 0.647. The van der Waals surface area contributed by atoms with E-state index in [-0.39, 0.29) is 0 Å². The van der Waals surface area contributed by atoms with Gasteiger partial charge in [0.1, 0.15) is 0 Å². The number of rotatable bonds is 1. The van der Waals surface area contributed by atoms with Crippen molar-refractivity contribution in [2.75, 3.05) is 0 Å². The molecule has 1 aromatic heterocycles. The summed E-state index contributed by atoms with van der Waals surface area (Å²) in [5.74, 6) is 1.49. The molecule has 0 unspecified atom stereocenters. The molecule has 3 nitrogen and oxygen atoms in total. The molecule has 0 aliphatic heterocycles. The Hall–Kier alpha value is -0.570. The Kier molecular flexibility index (Phi) is 2.05. The summed E-state index contributed by atoms with van der Waals surface area (Å²) in [6.45, 7) is 0. The zero-order valence-electron chi connectivity index (χ0n) is 7.13. The second kappa shape index (κ2) is 3.05. The molecule has 1 saturated carbocycles. The second-order valence-corrected chi connectivity index (χ2v) is 3.68. The monoisotopic (exact) mass is 185 g/mol. The Morgan fingerprint density at radius 2 is 2.08 bits per heavy atom. The summed E-state index contributed by atoms with van der Waals surface area (Å²) >= 11 is 5.80. The van der Waals surface area contributed by atoms with Crippen LogP contribution in [0.4, 0.5) is 0 Å². The Balaban J connectivity index is 2.21. The fourth-order valence-electron chi connectivity index (χ4n) is 1.74. The van der Waals surface area contributed by atoms with E-state index in [1.54, 1.807) is 4.68 Å². The molecule has 0 atom stereocenters. The molecule has 0 radical (unpaired) electrons. The van der Waals surface area contributed by atoms with Gasteiger partial charge in [0.05, 0.1) is 0 Å². The first kappa shape index (κ1) is 8.05. The van der Waals surface area contributed by atoms with Crippen molar-refractivity contribution < 1.29 is 0 Å².